The van der Waals surface area contributed by atoms with Gasteiger partial charge < -0.3 is 4.90 Å². The Labute approximate surface area is 112 Å². The molecule has 0 N–H and O–H groups in total. The minimum Gasteiger partial charge on any atom is -0.352 e. The van der Waals surface area contributed by atoms with Gasteiger partial charge in [0, 0.05) is 24.7 Å². The zero-order valence-electron chi connectivity index (χ0n) is 9.70. The van der Waals surface area contributed by atoms with Crippen molar-refractivity contribution >= 4 is 29.0 Å². The topological polar surface area (TPSA) is 16.1 Å². The van der Waals surface area contributed by atoms with Crippen LogP contribution in [0.1, 0.15) is 31.2 Å². The number of anilines is 1. The van der Waals surface area contributed by atoms with Crippen LogP contribution in [-0.4, -0.2) is 17.6 Å². The van der Waals surface area contributed by atoms with E-state index in [1.54, 1.807) is 0 Å². The molecule has 0 spiro atoms. The summed E-state index contributed by atoms with van der Waals surface area (Å²) >= 11 is 12.1. The maximum Gasteiger partial charge on any atom is 0.147 e. The van der Waals surface area contributed by atoms with Crippen molar-refractivity contribution in [1.82, 2.24) is 4.98 Å². The quantitative estimate of drug-likeness (QED) is 0.756. The fraction of sp³-hybridized carbons (Fsp3) is 0.615. The van der Waals surface area contributed by atoms with E-state index in [1.165, 1.54) is 25.7 Å². The summed E-state index contributed by atoms with van der Waals surface area (Å²) in [5.74, 6) is 2.29. The van der Waals surface area contributed by atoms with Crippen LogP contribution in [0.3, 0.4) is 0 Å². The molecule has 0 aromatic carbocycles. The molecular formula is C13H16Cl2N2. The third kappa shape index (κ3) is 2.69. The molecule has 0 bridgehead atoms. The smallest absolute Gasteiger partial charge is 0.147 e. The van der Waals surface area contributed by atoms with Gasteiger partial charge >= 0.3 is 0 Å². The molecule has 92 valence electrons. The highest BCUT2D eigenvalue weighted by atomic mass is 35.5. The summed E-state index contributed by atoms with van der Waals surface area (Å²) < 4.78 is 0. The second-order valence-corrected chi connectivity index (χ2v) is 5.78. The Kier molecular flexibility index (Phi) is 3.18. The SMILES string of the molecule is ClCc1cnc(N(CC2CC2)C2CC2)c(Cl)c1. The third-order valence-corrected chi connectivity index (χ3v) is 4.03. The zero-order chi connectivity index (χ0) is 11.8. The van der Waals surface area contributed by atoms with E-state index < -0.39 is 0 Å². The minimum atomic E-state index is 0.471. The number of aromatic nitrogens is 1. The summed E-state index contributed by atoms with van der Waals surface area (Å²) in [5.41, 5.74) is 0.989. The highest BCUT2D eigenvalue weighted by molar-refractivity contribution is 6.33. The third-order valence-electron chi connectivity index (χ3n) is 3.44. The predicted molar refractivity (Wildman–Crippen MR) is 71.9 cm³/mol. The van der Waals surface area contributed by atoms with Gasteiger partial charge in [-0.05, 0) is 43.2 Å². The van der Waals surface area contributed by atoms with E-state index in [0.717, 1.165) is 28.9 Å². The van der Waals surface area contributed by atoms with Crippen molar-refractivity contribution in [2.24, 2.45) is 5.92 Å². The molecular weight excluding hydrogens is 255 g/mol. The van der Waals surface area contributed by atoms with Gasteiger partial charge in [0.1, 0.15) is 5.82 Å². The lowest BCUT2D eigenvalue weighted by Gasteiger charge is -2.24. The summed E-state index contributed by atoms with van der Waals surface area (Å²) in [6, 6.07) is 2.61. The average Bonchev–Trinajstić information content (AvgIpc) is 3.18. The van der Waals surface area contributed by atoms with E-state index in [-0.39, 0.29) is 0 Å². The van der Waals surface area contributed by atoms with Gasteiger partial charge in [0.05, 0.1) is 5.02 Å². The normalized spacial score (nSPS) is 19.4. The molecule has 2 fully saturated rings. The van der Waals surface area contributed by atoms with Crippen molar-refractivity contribution in [3.63, 3.8) is 0 Å². The number of nitrogens with zero attached hydrogens (tertiary/aromatic N) is 2. The van der Waals surface area contributed by atoms with E-state index in [2.05, 4.69) is 9.88 Å². The maximum atomic E-state index is 6.32. The van der Waals surface area contributed by atoms with Crippen LogP contribution < -0.4 is 4.90 Å². The second-order valence-electron chi connectivity index (χ2n) is 5.11. The molecule has 2 aliphatic carbocycles. The summed E-state index contributed by atoms with van der Waals surface area (Å²) in [7, 11) is 0. The van der Waals surface area contributed by atoms with Crippen molar-refractivity contribution in [2.45, 2.75) is 37.6 Å². The molecule has 1 aromatic rings. The van der Waals surface area contributed by atoms with E-state index in [1.807, 2.05) is 12.3 Å². The van der Waals surface area contributed by atoms with Crippen LogP contribution in [0.5, 0.6) is 0 Å². The van der Waals surface area contributed by atoms with Gasteiger partial charge in [-0.25, -0.2) is 4.98 Å². The van der Waals surface area contributed by atoms with Gasteiger partial charge in [0.25, 0.3) is 0 Å². The van der Waals surface area contributed by atoms with Gasteiger partial charge in [-0.15, -0.1) is 11.6 Å². The number of halogens is 2. The summed E-state index contributed by atoms with van der Waals surface area (Å²) in [6.07, 6.45) is 7.13. The van der Waals surface area contributed by atoms with Gasteiger partial charge in [-0.1, -0.05) is 11.6 Å². The molecule has 2 saturated carbocycles. The number of pyridine rings is 1. The Balaban J connectivity index is 1.83. The summed E-state index contributed by atoms with van der Waals surface area (Å²) in [6.45, 7) is 1.12. The molecule has 4 heteroatoms. The highest BCUT2D eigenvalue weighted by Crippen LogP contribution is 2.39. The zero-order valence-corrected chi connectivity index (χ0v) is 11.2. The maximum absolute atomic E-state index is 6.32. The second kappa shape index (κ2) is 4.66. The molecule has 0 amide bonds. The predicted octanol–water partition coefficient (Wildman–Crippen LogP) is 3.85. The van der Waals surface area contributed by atoms with Gasteiger partial charge in [0.15, 0.2) is 0 Å². The van der Waals surface area contributed by atoms with Crippen LogP contribution in [-0.2, 0) is 5.88 Å². The van der Waals surface area contributed by atoms with Crippen LogP contribution in [0, 0.1) is 5.92 Å². The van der Waals surface area contributed by atoms with E-state index in [9.17, 15) is 0 Å². The lowest BCUT2D eigenvalue weighted by molar-refractivity contribution is 0.709. The van der Waals surface area contributed by atoms with Crippen LogP contribution in [0.2, 0.25) is 5.02 Å². The van der Waals surface area contributed by atoms with Crippen LogP contribution >= 0.6 is 23.2 Å². The van der Waals surface area contributed by atoms with E-state index >= 15 is 0 Å². The van der Waals surface area contributed by atoms with Crippen molar-refractivity contribution < 1.29 is 0 Å². The van der Waals surface area contributed by atoms with Crippen molar-refractivity contribution in [3.05, 3.63) is 22.8 Å². The number of alkyl halides is 1. The lowest BCUT2D eigenvalue weighted by Crippen LogP contribution is -2.29. The fourth-order valence-corrected chi connectivity index (χ4v) is 2.57. The van der Waals surface area contributed by atoms with Gasteiger partial charge in [-0.3, -0.25) is 0 Å². The Morgan fingerprint density at radius 1 is 1.29 bits per heavy atom. The molecule has 0 unspecified atom stereocenters. The highest BCUT2D eigenvalue weighted by Gasteiger charge is 2.35. The fourth-order valence-electron chi connectivity index (χ4n) is 2.13. The minimum absolute atomic E-state index is 0.471. The van der Waals surface area contributed by atoms with E-state index in [4.69, 9.17) is 23.2 Å². The molecule has 0 atom stereocenters. The summed E-state index contributed by atoms with van der Waals surface area (Å²) in [4.78, 5) is 6.90. The molecule has 0 saturated heterocycles. The molecule has 2 aliphatic rings. The molecule has 0 radical (unpaired) electrons. The number of rotatable bonds is 5. The average molecular weight is 271 g/mol. The van der Waals surface area contributed by atoms with Crippen LogP contribution in [0.25, 0.3) is 0 Å². The van der Waals surface area contributed by atoms with Crippen molar-refractivity contribution in [3.8, 4) is 0 Å². The van der Waals surface area contributed by atoms with E-state index in [0.29, 0.717) is 11.9 Å². The van der Waals surface area contributed by atoms with Crippen LogP contribution in [0.15, 0.2) is 12.3 Å². The molecule has 1 aromatic heterocycles. The molecule has 0 aliphatic heterocycles. The standard InChI is InChI=1S/C13H16Cl2N2/c14-6-10-5-12(15)13(16-7-10)17(11-3-4-11)8-9-1-2-9/h5,7,9,11H,1-4,6,8H2. The molecule has 2 nitrogen and oxygen atoms in total. The molecule has 1 heterocycles. The Bertz CT molecular complexity index is 414. The summed E-state index contributed by atoms with van der Waals surface area (Å²) in [5, 5.41) is 0.746. The Morgan fingerprint density at radius 2 is 2.06 bits per heavy atom. The van der Waals surface area contributed by atoms with Gasteiger partial charge in [-0.2, -0.15) is 0 Å². The Hall–Kier alpha value is -0.470. The Morgan fingerprint density at radius 3 is 2.59 bits per heavy atom. The van der Waals surface area contributed by atoms with Crippen molar-refractivity contribution in [1.29, 1.82) is 0 Å². The first-order valence-corrected chi connectivity index (χ1v) is 7.16. The number of hydrogen-bond acceptors (Lipinski definition) is 2. The largest absolute Gasteiger partial charge is 0.352 e. The van der Waals surface area contributed by atoms with Crippen LogP contribution in [0.4, 0.5) is 5.82 Å². The lowest BCUT2D eigenvalue weighted by atomic mass is 10.3. The monoisotopic (exact) mass is 270 g/mol. The van der Waals surface area contributed by atoms with Crippen molar-refractivity contribution in [2.75, 3.05) is 11.4 Å². The molecule has 3 rings (SSSR count). The first-order valence-electron chi connectivity index (χ1n) is 6.25. The molecule has 17 heavy (non-hydrogen) atoms. The number of hydrogen-bond donors (Lipinski definition) is 0. The first-order chi connectivity index (χ1) is 8.28. The van der Waals surface area contributed by atoms with Gasteiger partial charge in [0.2, 0.25) is 0 Å². The first kappa shape index (κ1) is 11.6.